The van der Waals surface area contributed by atoms with Crippen LogP contribution in [0, 0.1) is 29.6 Å². The zero-order valence-electron chi connectivity index (χ0n) is 9.44. The van der Waals surface area contributed by atoms with Crippen molar-refractivity contribution >= 4 is 0 Å². The molecule has 0 saturated carbocycles. The summed E-state index contributed by atoms with van der Waals surface area (Å²) in [5, 5.41) is 17.9. The minimum Gasteiger partial charge on any atom is -0.192 e. The lowest BCUT2D eigenvalue weighted by Crippen LogP contribution is -1.88. The van der Waals surface area contributed by atoms with E-state index in [1.807, 2.05) is 37.3 Å². The molecule has 0 aliphatic rings. The molecule has 0 saturated heterocycles. The van der Waals surface area contributed by atoms with Gasteiger partial charge in [-0.2, -0.15) is 10.5 Å². The van der Waals surface area contributed by atoms with Crippen LogP contribution in [-0.2, 0) is 0 Å². The van der Waals surface area contributed by atoms with Gasteiger partial charge in [0.15, 0.2) is 0 Å². The molecule has 17 heavy (non-hydrogen) atoms. The molecule has 2 heteroatoms. The van der Waals surface area contributed by atoms with Crippen molar-refractivity contribution in [3.8, 4) is 23.3 Å². The Hall–Kier alpha value is -2.58. The second-order valence-electron chi connectivity index (χ2n) is 3.80. The van der Waals surface area contributed by atoms with Gasteiger partial charge in [0.2, 0.25) is 0 Å². The van der Waals surface area contributed by atoms with Gasteiger partial charge in [-0.3, -0.25) is 0 Å². The van der Waals surface area contributed by atoms with Crippen LogP contribution in [0.5, 0.6) is 0 Å². The molecule has 0 unspecified atom stereocenters. The van der Waals surface area contributed by atoms with Gasteiger partial charge in [0.1, 0.15) is 6.07 Å². The summed E-state index contributed by atoms with van der Waals surface area (Å²) in [6.07, 6.45) is 0. The Balaban J connectivity index is 2.58. The Bertz CT molecular complexity index is 625. The molecule has 2 nitrogen and oxygen atoms in total. The van der Waals surface area contributed by atoms with E-state index in [-0.39, 0.29) is 0 Å². The minimum atomic E-state index is 0.625. The summed E-state index contributed by atoms with van der Waals surface area (Å²) in [5.74, 6) is 0. The Morgan fingerprint density at radius 2 is 1.59 bits per heavy atom. The molecule has 0 atom stereocenters. The summed E-state index contributed by atoms with van der Waals surface area (Å²) in [7, 11) is 0. The third-order valence-corrected chi connectivity index (χ3v) is 2.71. The van der Waals surface area contributed by atoms with Crippen molar-refractivity contribution in [1.29, 1.82) is 10.5 Å². The number of hydrogen-bond donors (Lipinski definition) is 0. The number of nitriles is 2. The molecule has 0 amide bonds. The van der Waals surface area contributed by atoms with Crippen molar-refractivity contribution in [2.24, 2.45) is 0 Å². The topological polar surface area (TPSA) is 47.6 Å². The fourth-order valence-electron chi connectivity index (χ4n) is 1.78. The van der Waals surface area contributed by atoms with Gasteiger partial charge < -0.3 is 0 Å². The monoisotopic (exact) mass is 218 g/mol. The Labute approximate surface area is 100 Å². The molecule has 0 bridgehead atoms. The Morgan fingerprint density at radius 3 is 2.18 bits per heavy atom. The Morgan fingerprint density at radius 1 is 0.882 bits per heavy atom. The van der Waals surface area contributed by atoms with Crippen LogP contribution in [0.4, 0.5) is 0 Å². The minimum absolute atomic E-state index is 0.625. The maximum Gasteiger partial charge on any atom is 0.100 e. The highest BCUT2D eigenvalue weighted by Crippen LogP contribution is 2.25. The number of rotatable bonds is 1. The fraction of sp³-hybridized carbons (Fsp3) is 0.0667. The highest BCUT2D eigenvalue weighted by Gasteiger charge is 2.06. The van der Waals surface area contributed by atoms with Crippen molar-refractivity contribution in [2.75, 3.05) is 0 Å². The van der Waals surface area contributed by atoms with Gasteiger partial charge in [0.25, 0.3) is 0 Å². The van der Waals surface area contributed by atoms with Crippen molar-refractivity contribution in [1.82, 2.24) is 0 Å². The number of benzene rings is 2. The largest absolute Gasteiger partial charge is 0.192 e. The van der Waals surface area contributed by atoms with Gasteiger partial charge in [0, 0.05) is 0 Å². The first kappa shape index (κ1) is 10.9. The number of nitrogens with zero attached hydrogens (tertiary/aromatic N) is 2. The third kappa shape index (κ3) is 2.02. The molecule has 80 valence electrons. The van der Waals surface area contributed by atoms with Gasteiger partial charge in [-0.05, 0) is 35.7 Å². The zero-order chi connectivity index (χ0) is 12.3. The molecule has 0 spiro atoms. The van der Waals surface area contributed by atoms with Gasteiger partial charge in [-0.1, -0.05) is 30.3 Å². The predicted molar refractivity (Wildman–Crippen MR) is 66.0 cm³/mol. The van der Waals surface area contributed by atoms with E-state index in [1.165, 1.54) is 0 Å². The lowest BCUT2D eigenvalue weighted by molar-refractivity contribution is 1.39. The van der Waals surface area contributed by atoms with E-state index in [2.05, 4.69) is 12.1 Å². The molecule has 2 rings (SSSR count). The molecule has 2 aromatic carbocycles. The summed E-state index contributed by atoms with van der Waals surface area (Å²) in [6.45, 7) is 1.92. The van der Waals surface area contributed by atoms with Crippen LogP contribution in [0.2, 0.25) is 0 Å². The van der Waals surface area contributed by atoms with Crippen molar-refractivity contribution in [3.05, 3.63) is 59.2 Å². The SMILES string of the molecule is Cc1cccc(-c2ccc(C#N)cc2)c1C#N. The molecular weight excluding hydrogens is 208 g/mol. The van der Waals surface area contributed by atoms with Crippen LogP contribution < -0.4 is 0 Å². The first-order valence-corrected chi connectivity index (χ1v) is 5.26. The molecule has 0 heterocycles. The van der Waals surface area contributed by atoms with Crippen LogP contribution in [0.25, 0.3) is 11.1 Å². The van der Waals surface area contributed by atoms with E-state index < -0.39 is 0 Å². The second-order valence-corrected chi connectivity index (χ2v) is 3.80. The maximum atomic E-state index is 9.16. The molecule has 0 fully saturated rings. The molecule has 0 aliphatic heterocycles. The molecule has 0 aliphatic carbocycles. The molecular formula is C15H10N2. The lowest BCUT2D eigenvalue weighted by atomic mass is 9.96. The first-order chi connectivity index (χ1) is 8.26. The van der Waals surface area contributed by atoms with Crippen molar-refractivity contribution < 1.29 is 0 Å². The maximum absolute atomic E-state index is 9.16. The first-order valence-electron chi connectivity index (χ1n) is 5.26. The summed E-state index contributed by atoms with van der Waals surface area (Å²) >= 11 is 0. The third-order valence-electron chi connectivity index (χ3n) is 2.71. The van der Waals surface area contributed by atoms with Gasteiger partial charge in [0.05, 0.1) is 17.2 Å². The molecule has 0 aromatic heterocycles. The van der Waals surface area contributed by atoms with E-state index in [9.17, 15) is 0 Å². The van der Waals surface area contributed by atoms with Crippen LogP contribution in [0.15, 0.2) is 42.5 Å². The number of hydrogen-bond acceptors (Lipinski definition) is 2. The Kier molecular flexibility index (Phi) is 2.90. The summed E-state index contributed by atoms with van der Waals surface area (Å²) in [6, 6.07) is 17.4. The van der Waals surface area contributed by atoms with E-state index in [0.717, 1.165) is 16.7 Å². The fourth-order valence-corrected chi connectivity index (χ4v) is 1.78. The van der Waals surface area contributed by atoms with E-state index >= 15 is 0 Å². The van der Waals surface area contributed by atoms with Crippen LogP contribution in [-0.4, -0.2) is 0 Å². The lowest BCUT2D eigenvalue weighted by Gasteiger charge is -2.06. The predicted octanol–water partition coefficient (Wildman–Crippen LogP) is 3.41. The van der Waals surface area contributed by atoms with Crippen LogP contribution in [0.3, 0.4) is 0 Å². The molecule has 0 N–H and O–H groups in total. The summed E-state index contributed by atoms with van der Waals surface area (Å²) in [5.41, 5.74) is 4.16. The normalized spacial score (nSPS) is 9.35. The van der Waals surface area contributed by atoms with Gasteiger partial charge in [-0.15, -0.1) is 0 Å². The van der Waals surface area contributed by atoms with Crippen LogP contribution >= 0.6 is 0 Å². The summed E-state index contributed by atoms with van der Waals surface area (Å²) in [4.78, 5) is 0. The highest BCUT2D eigenvalue weighted by atomic mass is 14.3. The van der Waals surface area contributed by atoms with Gasteiger partial charge >= 0.3 is 0 Å². The zero-order valence-corrected chi connectivity index (χ0v) is 9.44. The van der Waals surface area contributed by atoms with Crippen molar-refractivity contribution in [3.63, 3.8) is 0 Å². The summed E-state index contributed by atoms with van der Waals surface area (Å²) < 4.78 is 0. The average molecular weight is 218 g/mol. The number of aryl methyl sites for hydroxylation is 1. The van der Waals surface area contributed by atoms with Crippen LogP contribution in [0.1, 0.15) is 16.7 Å². The van der Waals surface area contributed by atoms with Crippen molar-refractivity contribution in [2.45, 2.75) is 6.92 Å². The quantitative estimate of drug-likeness (QED) is 0.736. The standard InChI is InChI=1S/C15H10N2/c1-11-3-2-4-14(15(11)10-17)13-7-5-12(9-16)6-8-13/h2-8H,1H3. The molecule has 0 radical (unpaired) electrons. The smallest absolute Gasteiger partial charge is 0.100 e. The van der Waals surface area contributed by atoms with E-state index in [0.29, 0.717) is 11.1 Å². The molecule has 2 aromatic rings. The average Bonchev–Trinajstić information content (AvgIpc) is 2.38. The second kappa shape index (κ2) is 4.51. The van der Waals surface area contributed by atoms with Gasteiger partial charge in [-0.25, -0.2) is 0 Å². The van der Waals surface area contributed by atoms with E-state index in [1.54, 1.807) is 12.1 Å². The highest BCUT2D eigenvalue weighted by molar-refractivity contribution is 5.72. The van der Waals surface area contributed by atoms with E-state index in [4.69, 9.17) is 10.5 Å².